The van der Waals surface area contributed by atoms with Crippen molar-refractivity contribution in [2.75, 3.05) is 31.1 Å². The molecule has 2 aromatic heterocycles. The van der Waals surface area contributed by atoms with Crippen molar-refractivity contribution in [2.45, 2.75) is 13.1 Å². The molecule has 0 aliphatic carbocycles. The highest BCUT2D eigenvalue weighted by molar-refractivity contribution is 5.78. The molecule has 0 spiro atoms. The van der Waals surface area contributed by atoms with Crippen molar-refractivity contribution in [1.29, 1.82) is 0 Å². The van der Waals surface area contributed by atoms with Crippen LogP contribution < -0.4 is 10.6 Å². The van der Waals surface area contributed by atoms with Crippen molar-refractivity contribution >= 4 is 11.9 Å². The molecule has 0 saturated carbocycles. The lowest BCUT2D eigenvalue weighted by Crippen LogP contribution is -2.51. The first kappa shape index (κ1) is 18.0. The van der Waals surface area contributed by atoms with Gasteiger partial charge in [-0.05, 0) is 23.3 Å². The molecule has 0 bridgehead atoms. The zero-order chi connectivity index (χ0) is 19.2. The van der Waals surface area contributed by atoms with Crippen LogP contribution in [0.5, 0.6) is 0 Å². The van der Waals surface area contributed by atoms with E-state index in [9.17, 15) is 0 Å². The van der Waals surface area contributed by atoms with Crippen molar-refractivity contribution < 1.29 is 0 Å². The fraction of sp³-hybridized carbons (Fsp3) is 0.300. The van der Waals surface area contributed by atoms with Gasteiger partial charge >= 0.3 is 0 Å². The summed E-state index contributed by atoms with van der Waals surface area (Å²) in [4.78, 5) is 17.6. The maximum atomic E-state index is 6.28. The van der Waals surface area contributed by atoms with E-state index in [4.69, 9.17) is 5.73 Å². The highest BCUT2D eigenvalue weighted by atomic mass is 15.4. The number of hydrogen-bond donors (Lipinski definition) is 1. The van der Waals surface area contributed by atoms with Crippen molar-refractivity contribution in [3.8, 4) is 0 Å². The van der Waals surface area contributed by atoms with Gasteiger partial charge in [0.05, 0.1) is 13.1 Å². The van der Waals surface area contributed by atoms with Crippen LogP contribution in [0.4, 0.5) is 5.95 Å². The first-order valence-corrected chi connectivity index (χ1v) is 9.40. The molecule has 1 aliphatic heterocycles. The summed E-state index contributed by atoms with van der Waals surface area (Å²) in [6, 6.07) is 12.0. The number of aliphatic imine (C=N–C) groups is 1. The first-order valence-electron chi connectivity index (χ1n) is 9.40. The molecule has 1 aromatic carbocycles. The summed E-state index contributed by atoms with van der Waals surface area (Å²) in [5, 5.41) is 4.29. The fourth-order valence-electron chi connectivity index (χ4n) is 3.29. The maximum absolute atomic E-state index is 6.28. The van der Waals surface area contributed by atoms with Crippen LogP contribution in [-0.2, 0) is 13.1 Å². The van der Waals surface area contributed by atoms with E-state index >= 15 is 0 Å². The van der Waals surface area contributed by atoms with Crippen LogP contribution in [-0.4, -0.2) is 56.8 Å². The van der Waals surface area contributed by atoms with Gasteiger partial charge in [0.25, 0.3) is 0 Å². The molecule has 28 heavy (non-hydrogen) atoms. The number of rotatable bonds is 5. The second-order valence-electron chi connectivity index (χ2n) is 6.67. The van der Waals surface area contributed by atoms with Gasteiger partial charge in [-0.25, -0.2) is 15.0 Å². The highest BCUT2D eigenvalue weighted by Crippen LogP contribution is 2.13. The van der Waals surface area contributed by atoms with Crippen LogP contribution in [0, 0.1) is 0 Å². The Morgan fingerprint density at radius 2 is 1.68 bits per heavy atom. The lowest BCUT2D eigenvalue weighted by Gasteiger charge is -2.35. The monoisotopic (exact) mass is 376 g/mol. The van der Waals surface area contributed by atoms with E-state index in [-0.39, 0.29) is 0 Å². The molecule has 8 nitrogen and oxygen atoms in total. The Kier molecular flexibility index (Phi) is 5.46. The molecular formula is C20H24N8. The zero-order valence-corrected chi connectivity index (χ0v) is 15.7. The summed E-state index contributed by atoms with van der Waals surface area (Å²) in [6.07, 6.45) is 7.29. The van der Waals surface area contributed by atoms with Gasteiger partial charge in [0.15, 0.2) is 5.96 Å². The molecule has 1 fully saturated rings. The minimum absolute atomic E-state index is 0.561. The largest absolute Gasteiger partial charge is 0.370 e. The van der Waals surface area contributed by atoms with Gasteiger partial charge in [0.2, 0.25) is 5.95 Å². The Hall–Kier alpha value is -3.42. The average Bonchev–Trinajstić information content (AvgIpc) is 3.27. The van der Waals surface area contributed by atoms with Crippen LogP contribution in [0.1, 0.15) is 11.1 Å². The SMILES string of the molecule is NC(=NCc1ccccc1Cn1cccn1)N1CCN(c2ncccn2)CC1. The summed E-state index contributed by atoms with van der Waals surface area (Å²) < 4.78 is 1.91. The molecule has 1 aliphatic rings. The first-order chi connectivity index (χ1) is 13.8. The third kappa shape index (κ3) is 4.28. The van der Waals surface area contributed by atoms with Crippen LogP contribution >= 0.6 is 0 Å². The Morgan fingerprint density at radius 1 is 0.929 bits per heavy atom. The van der Waals surface area contributed by atoms with E-state index in [2.05, 4.69) is 42.0 Å². The Morgan fingerprint density at radius 3 is 2.39 bits per heavy atom. The summed E-state index contributed by atoms with van der Waals surface area (Å²) >= 11 is 0. The predicted octanol–water partition coefficient (Wildman–Crippen LogP) is 1.36. The molecule has 144 valence electrons. The van der Waals surface area contributed by atoms with E-state index in [1.807, 2.05) is 35.1 Å². The molecule has 8 heteroatoms. The standard InChI is InChI=1S/C20H24N8/c21-19(26-11-13-27(14-12-26)20-22-7-3-8-23-20)24-15-17-5-1-2-6-18(17)16-28-10-4-9-25-28/h1-10H,11-16H2,(H2,21,24). The van der Waals surface area contributed by atoms with E-state index < -0.39 is 0 Å². The summed E-state index contributed by atoms with van der Waals surface area (Å²) in [5.74, 6) is 1.35. The molecule has 1 saturated heterocycles. The van der Waals surface area contributed by atoms with Gasteiger partial charge in [-0.3, -0.25) is 4.68 Å². The molecule has 3 aromatic rings. The minimum Gasteiger partial charge on any atom is -0.370 e. The zero-order valence-electron chi connectivity index (χ0n) is 15.7. The number of aromatic nitrogens is 4. The van der Waals surface area contributed by atoms with E-state index in [1.165, 1.54) is 5.56 Å². The number of nitrogens with zero attached hydrogens (tertiary/aromatic N) is 7. The highest BCUT2D eigenvalue weighted by Gasteiger charge is 2.19. The van der Waals surface area contributed by atoms with E-state index in [0.29, 0.717) is 12.5 Å². The number of benzene rings is 1. The van der Waals surface area contributed by atoms with Gasteiger partial charge in [0.1, 0.15) is 0 Å². The minimum atomic E-state index is 0.561. The van der Waals surface area contributed by atoms with Crippen LogP contribution in [0.25, 0.3) is 0 Å². The number of hydrogen-bond acceptors (Lipinski definition) is 5. The number of piperazine rings is 1. The molecule has 0 radical (unpaired) electrons. The van der Waals surface area contributed by atoms with Gasteiger partial charge in [0, 0.05) is 51.0 Å². The summed E-state index contributed by atoms with van der Waals surface area (Å²) in [7, 11) is 0. The molecule has 2 N–H and O–H groups in total. The quantitative estimate of drug-likeness (QED) is 0.534. The topological polar surface area (TPSA) is 88.5 Å². The lowest BCUT2D eigenvalue weighted by molar-refractivity contribution is 0.378. The molecule has 4 rings (SSSR count). The number of guanidine groups is 1. The van der Waals surface area contributed by atoms with E-state index in [0.717, 1.165) is 44.2 Å². The van der Waals surface area contributed by atoms with Gasteiger partial charge in [-0.1, -0.05) is 24.3 Å². The Labute approximate surface area is 164 Å². The summed E-state index contributed by atoms with van der Waals surface area (Å²) in [6.45, 7) is 4.57. The molecule has 0 atom stereocenters. The van der Waals surface area contributed by atoms with Crippen molar-refractivity contribution in [2.24, 2.45) is 10.7 Å². The van der Waals surface area contributed by atoms with Crippen molar-refractivity contribution in [1.82, 2.24) is 24.6 Å². The third-order valence-corrected chi connectivity index (χ3v) is 4.86. The second-order valence-corrected chi connectivity index (χ2v) is 6.67. The predicted molar refractivity (Wildman–Crippen MR) is 109 cm³/mol. The average molecular weight is 376 g/mol. The Balaban J connectivity index is 1.37. The van der Waals surface area contributed by atoms with Gasteiger partial charge < -0.3 is 15.5 Å². The van der Waals surface area contributed by atoms with Crippen LogP contribution in [0.2, 0.25) is 0 Å². The smallest absolute Gasteiger partial charge is 0.225 e. The van der Waals surface area contributed by atoms with Gasteiger partial charge in [-0.15, -0.1) is 0 Å². The maximum Gasteiger partial charge on any atom is 0.225 e. The van der Waals surface area contributed by atoms with Crippen molar-refractivity contribution in [3.63, 3.8) is 0 Å². The molecular weight excluding hydrogens is 352 g/mol. The molecule has 0 amide bonds. The van der Waals surface area contributed by atoms with Crippen LogP contribution in [0.15, 0.2) is 66.2 Å². The normalized spacial score (nSPS) is 15.1. The summed E-state index contributed by atoms with van der Waals surface area (Å²) in [5.41, 5.74) is 8.64. The van der Waals surface area contributed by atoms with Crippen LogP contribution in [0.3, 0.4) is 0 Å². The van der Waals surface area contributed by atoms with Gasteiger partial charge in [-0.2, -0.15) is 5.10 Å². The third-order valence-electron chi connectivity index (χ3n) is 4.86. The second kappa shape index (κ2) is 8.51. The lowest BCUT2D eigenvalue weighted by atomic mass is 10.1. The molecule has 3 heterocycles. The number of anilines is 1. The van der Waals surface area contributed by atoms with Crippen molar-refractivity contribution in [3.05, 3.63) is 72.3 Å². The number of nitrogens with two attached hydrogens (primary N) is 1. The fourth-order valence-corrected chi connectivity index (χ4v) is 3.29. The molecule has 0 unspecified atom stereocenters. The Bertz CT molecular complexity index is 899. The van der Waals surface area contributed by atoms with E-state index in [1.54, 1.807) is 18.6 Å².